The number of H-pyrrole nitrogens is 1. The highest BCUT2D eigenvalue weighted by molar-refractivity contribution is 5.90. The average molecular weight is 424 g/mol. The van der Waals surface area contributed by atoms with E-state index in [0.29, 0.717) is 13.0 Å². The monoisotopic (exact) mass is 423 g/mol. The van der Waals surface area contributed by atoms with Crippen LogP contribution in [0, 0.1) is 6.92 Å². The van der Waals surface area contributed by atoms with Crippen LogP contribution in [0.4, 0.5) is 0 Å². The second kappa shape index (κ2) is 9.76. The highest BCUT2D eigenvalue weighted by Gasteiger charge is 2.42. The molecule has 7 nitrogen and oxygen atoms in total. The van der Waals surface area contributed by atoms with Crippen molar-refractivity contribution >= 4 is 22.8 Å². The van der Waals surface area contributed by atoms with Gasteiger partial charge in [0.2, 0.25) is 5.91 Å². The van der Waals surface area contributed by atoms with E-state index in [0.717, 1.165) is 41.2 Å². The minimum Gasteiger partial charge on any atom is -0.481 e. The lowest BCUT2D eigenvalue weighted by Crippen LogP contribution is -2.61. The van der Waals surface area contributed by atoms with Crippen LogP contribution in [0.3, 0.4) is 0 Å². The summed E-state index contributed by atoms with van der Waals surface area (Å²) in [5.74, 6) is -0.910. The molecule has 3 aromatic rings. The number of aryl methyl sites for hydroxylation is 1. The van der Waals surface area contributed by atoms with E-state index in [9.17, 15) is 9.90 Å². The van der Waals surface area contributed by atoms with Gasteiger partial charge in [-0.25, -0.2) is 0 Å². The molecule has 0 radical (unpaired) electrons. The number of benzene rings is 2. The van der Waals surface area contributed by atoms with E-state index in [1.807, 2.05) is 61.5 Å². The number of aliphatic hydroxyl groups is 1. The van der Waals surface area contributed by atoms with Crippen LogP contribution in [0.2, 0.25) is 0 Å². The number of carbonyl (C=O) groups is 2. The van der Waals surface area contributed by atoms with Gasteiger partial charge in [0.05, 0.1) is 18.1 Å². The molecule has 2 heterocycles. The quantitative estimate of drug-likeness (QED) is 0.442. The van der Waals surface area contributed by atoms with Crippen LogP contribution >= 0.6 is 0 Å². The number of carbonyl (C=O) groups excluding carboxylic acids is 1. The van der Waals surface area contributed by atoms with Crippen molar-refractivity contribution in [2.75, 3.05) is 13.1 Å². The molecule has 1 saturated heterocycles. The number of hydrogen-bond donors (Lipinski definition) is 5. The summed E-state index contributed by atoms with van der Waals surface area (Å²) in [6, 6.07) is 17.8. The van der Waals surface area contributed by atoms with Crippen molar-refractivity contribution in [3.63, 3.8) is 0 Å². The van der Waals surface area contributed by atoms with E-state index in [1.165, 1.54) is 0 Å². The Labute approximate surface area is 181 Å². The Morgan fingerprint density at radius 3 is 2.45 bits per heavy atom. The molecular formula is C24H29N3O4. The second-order valence-electron chi connectivity index (χ2n) is 7.83. The number of para-hydroxylation sites is 1. The van der Waals surface area contributed by atoms with E-state index in [2.05, 4.69) is 15.6 Å². The molecule has 0 bridgehead atoms. The van der Waals surface area contributed by atoms with Crippen LogP contribution in [0.25, 0.3) is 10.9 Å². The summed E-state index contributed by atoms with van der Waals surface area (Å²) < 4.78 is 0. The van der Waals surface area contributed by atoms with Crippen LogP contribution in [-0.2, 0) is 21.5 Å². The average Bonchev–Trinajstić information content (AvgIpc) is 3.05. The van der Waals surface area contributed by atoms with Crippen molar-refractivity contribution in [2.45, 2.75) is 38.3 Å². The summed E-state index contributed by atoms with van der Waals surface area (Å²) >= 11 is 0. The largest absolute Gasteiger partial charge is 0.481 e. The fourth-order valence-electron chi connectivity index (χ4n) is 4.17. The zero-order valence-corrected chi connectivity index (χ0v) is 17.8. The minimum atomic E-state index is -0.833. The standard InChI is InChI=1S/C22H25N3O2.C2H4O2/c1-15-18(17-9-5-6-10-19(17)24-15)13-21(27)25-22(11-12-23-14-20(22)26)16-7-3-2-4-8-16;1-2(3)4/h2-10,20,23-24,26H,11-14H2,1H3,(H,25,27);1H3,(H,3,4)/t20-,22+;/m1./s1. The lowest BCUT2D eigenvalue weighted by Gasteiger charge is -2.43. The van der Waals surface area contributed by atoms with E-state index in [-0.39, 0.29) is 12.3 Å². The minimum absolute atomic E-state index is 0.0762. The Balaban J connectivity index is 0.000000628. The van der Waals surface area contributed by atoms with E-state index >= 15 is 0 Å². The van der Waals surface area contributed by atoms with Gasteiger partial charge in [0.1, 0.15) is 0 Å². The molecule has 5 N–H and O–H groups in total. The van der Waals surface area contributed by atoms with Crippen LogP contribution < -0.4 is 10.6 Å². The Morgan fingerprint density at radius 2 is 1.77 bits per heavy atom. The van der Waals surface area contributed by atoms with Gasteiger partial charge in [0, 0.05) is 30.1 Å². The number of aromatic amines is 1. The first kappa shape index (κ1) is 22.5. The summed E-state index contributed by atoms with van der Waals surface area (Å²) in [5.41, 5.74) is 3.24. The smallest absolute Gasteiger partial charge is 0.300 e. The summed E-state index contributed by atoms with van der Waals surface area (Å²) in [5, 5.41) is 25.7. The number of aliphatic carboxylic acids is 1. The van der Waals surface area contributed by atoms with Gasteiger partial charge in [0.25, 0.3) is 5.97 Å². The third kappa shape index (κ3) is 5.13. The number of nitrogens with one attached hydrogen (secondary N) is 3. The Hall–Kier alpha value is -3.16. The van der Waals surface area contributed by atoms with Crippen molar-refractivity contribution < 1.29 is 19.8 Å². The molecule has 1 aliphatic heterocycles. The van der Waals surface area contributed by atoms with Gasteiger partial charge in [0.15, 0.2) is 0 Å². The van der Waals surface area contributed by atoms with Gasteiger partial charge in [-0.3, -0.25) is 9.59 Å². The number of aromatic nitrogens is 1. The van der Waals surface area contributed by atoms with Gasteiger partial charge in [-0.1, -0.05) is 48.5 Å². The van der Waals surface area contributed by atoms with Crippen LogP contribution in [-0.4, -0.2) is 46.3 Å². The lowest BCUT2D eigenvalue weighted by atomic mass is 9.79. The van der Waals surface area contributed by atoms with Gasteiger partial charge in [-0.15, -0.1) is 0 Å². The van der Waals surface area contributed by atoms with Crippen molar-refractivity contribution in [2.24, 2.45) is 0 Å². The maximum Gasteiger partial charge on any atom is 0.300 e. The predicted octanol–water partition coefficient (Wildman–Crippen LogP) is 2.48. The first-order valence-electron chi connectivity index (χ1n) is 10.3. The molecule has 0 aliphatic carbocycles. The molecule has 1 fully saturated rings. The normalized spacial score (nSPS) is 20.5. The predicted molar refractivity (Wildman–Crippen MR) is 120 cm³/mol. The van der Waals surface area contributed by atoms with Crippen molar-refractivity contribution in [1.82, 2.24) is 15.6 Å². The molecule has 4 rings (SSSR count). The molecule has 7 heteroatoms. The van der Waals surface area contributed by atoms with Crippen molar-refractivity contribution in [3.05, 3.63) is 71.4 Å². The molecule has 31 heavy (non-hydrogen) atoms. The molecule has 0 spiro atoms. The second-order valence-corrected chi connectivity index (χ2v) is 7.83. The molecule has 0 saturated carbocycles. The molecule has 164 valence electrons. The molecule has 1 amide bonds. The number of carboxylic acid groups (broad SMARTS) is 1. The number of amides is 1. The fraction of sp³-hybridized carbons (Fsp3) is 0.333. The zero-order chi connectivity index (χ0) is 22.4. The molecular weight excluding hydrogens is 394 g/mol. The van der Waals surface area contributed by atoms with Gasteiger partial charge in [-0.05, 0) is 37.1 Å². The molecule has 1 aromatic heterocycles. The van der Waals surface area contributed by atoms with E-state index in [1.54, 1.807) is 0 Å². The van der Waals surface area contributed by atoms with Crippen LogP contribution in [0.15, 0.2) is 54.6 Å². The number of rotatable bonds is 4. The number of carboxylic acids is 1. The van der Waals surface area contributed by atoms with E-state index < -0.39 is 17.6 Å². The molecule has 0 unspecified atom stereocenters. The Bertz CT molecular complexity index is 1040. The number of hydrogen-bond acceptors (Lipinski definition) is 4. The molecule has 2 aromatic carbocycles. The first-order chi connectivity index (χ1) is 14.8. The summed E-state index contributed by atoms with van der Waals surface area (Å²) in [6.45, 7) is 4.29. The Morgan fingerprint density at radius 1 is 1.13 bits per heavy atom. The highest BCUT2D eigenvalue weighted by Crippen LogP contribution is 2.31. The van der Waals surface area contributed by atoms with E-state index in [4.69, 9.17) is 9.90 Å². The lowest BCUT2D eigenvalue weighted by molar-refractivity contribution is -0.134. The SMILES string of the molecule is CC(=O)O.Cc1[nH]c2ccccc2c1CC(=O)N[C@]1(c2ccccc2)CCNC[C@H]1O. The third-order valence-electron chi connectivity index (χ3n) is 5.62. The van der Waals surface area contributed by atoms with Gasteiger partial charge >= 0.3 is 0 Å². The maximum atomic E-state index is 13.0. The summed E-state index contributed by atoms with van der Waals surface area (Å²) in [7, 11) is 0. The summed E-state index contributed by atoms with van der Waals surface area (Å²) in [4.78, 5) is 25.4. The summed E-state index contributed by atoms with van der Waals surface area (Å²) in [6.07, 6.45) is 0.253. The topological polar surface area (TPSA) is 114 Å². The maximum absolute atomic E-state index is 13.0. The zero-order valence-electron chi connectivity index (χ0n) is 17.8. The molecule has 1 aliphatic rings. The Kier molecular flexibility index (Phi) is 7.09. The first-order valence-corrected chi connectivity index (χ1v) is 10.3. The van der Waals surface area contributed by atoms with Crippen molar-refractivity contribution in [1.29, 1.82) is 0 Å². The number of β-amino-alcohol motifs (C(OH)–C–C–N with tert-alkyl or cyclic N) is 1. The number of piperidine rings is 1. The van der Waals surface area contributed by atoms with Crippen LogP contribution in [0.1, 0.15) is 30.2 Å². The van der Waals surface area contributed by atoms with Crippen molar-refractivity contribution in [3.8, 4) is 0 Å². The number of fused-ring (bicyclic) bond motifs is 1. The highest BCUT2D eigenvalue weighted by atomic mass is 16.4. The van der Waals surface area contributed by atoms with Gasteiger partial charge in [-0.2, -0.15) is 0 Å². The molecule has 2 atom stereocenters. The fourth-order valence-corrected chi connectivity index (χ4v) is 4.17. The van der Waals surface area contributed by atoms with Crippen LogP contribution in [0.5, 0.6) is 0 Å². The van der Waals surface area contributed by atoms with Gasteiger partial charge < -0.3 is 25.8 Å². The number of aliphatic hydroxyl groups excluding tert-OH is 1. The third-order valence-corrected chi connectivity index (χ3v) is 5.62.